The molecule has 0 saturated carbocycles. The Morgan fingerprint density at radius 1 is 1.09 bits per heavy atom. The fourth-order valence-electron chi connectivity index (χ4n) is 3.24. The standard InChI is InChI=1S/C21H17Cl2F3N6O2/c22-14-7-5-12(6-8-14)19-30-32(20(34)31(19)10-16(33)21(24,25)26)11-18-27-17(28-29-18)9-13-3-1-2-4-15(13)23/h1-8,16,33H,9-11H2,(H,27,28,29)/t16-/m1/s1. The van der Waals surface area contributed by atoms with Crippen LogP contribution < -0.4 is 5.69 Å². The molecule has 0 fully saturated rings. The Bertz CT molecular complexity index is 1350. The van der Waals surface area contributed by atoms with Crippen molar-refractivity contribution < 1.29 is 18.3 Å². The first-order valence-corrected chi connectivity index (χ1v) is 10.7. The summed E-state index contributed by atoms with van der Waals surface area (Å²) in [7, 11) is 0. The van der Waals surface area contributed by atoms with Crippen LogP contribution in [0, 0.1) is 0 Å². The Morgan fingerprint density at radius 2 is 1.79 bits per heavy atom. The molecule has 0 aliphatic rings. The molecule has 0 saturated heterocycles. The van der Waals surface area contributed by atoms with E-state index in [0.717, 1.165) is 14.8 Å². The molecule has 178 valence electrons. The maximum atomic E-state index is 13.0. The molecule has 2 heterocycles. The van der Waals surface area contributed by atoms with E-state index in [1.807, 2.05) is 12.1 Å². The Kier molecular flexibility index (Phi) is 6.78. The van der Waals surface area contributed by atoms with Gasteiger partial charge in [0, 0.05) is 22.0 Å². The van der Waals surface area contributed by atoms with Crippen LogP contribution in [-0.2, 0) is 19.5 Å². The van der Waals surface area contributed by atoms with E-state index < -0.39 is 24.5 Å². The van der Waals surface area contributed by atoms with Gasteiger partial charge in [0.1, 0.15) is 12.4 Å². The number of aliphatic hydroxyl groups excluding tert-OH is 1. The molecule has 8 nitrogen and oxygen atoms in total. The number of benzene rings is 2. The highest BCUT2D eigenvalue weighted by atomic mass is 35.5. The van der Waals surface area contributed by atoms with Crippen molar-refractivity contribution in [3.8, 4) is 11.4 Å². The summed E-state index contributed by atoms with van der Waals surface area (Å²) in [5.41, 5.74) is 0.311. The first-order chi connectivity index (χ1) is 16.1. The van der Waals surface area contributed by atoms with Crippen LogP contribution in [0.5, 0.6) is 0 Å². The lowest BCUT2D eigenvalue weighted by molar-refractivity contribution is -0.207. The second-order valence-corrected chi connectivity index (χ2v) is 8.25. The number of hydrogen-bond donors (Lipinski definition) is 2. The fourth-order valence-corrected chi connectivity index (χ4v) is 3.56. The van der Waals surface area contributed by atoms with E-state index in [2.05, 4.69) is 20.3 Å². The van der Waals surface area contributed by atoms with Crippen LogP contribution in [0.1, 0.15) is 17.2 Å². The quantitative estimate of drug-likeness (QED) is 0.393. The molecule has 0 unspecified atom stereocenters. The number of alkyl halides is 3. The van der Waals surface area contributed by atoms with E-state index in [1.54, 1.807) is 12.1 Å². The lowest BCUT2D eigenvalue weighted by atomic mass is 10.1. The van der Waals surface area contributed by atoms with Gasteiger partial charge in [0.25, 0.3) is 0 Å². The molecule has 2 N–H and O–H groups in total. The number of aliphatic hydroxyl groups is 1. The van der Waals surface area contributed by atoms with Gasteiger partial charge in [-0.3, -0.25) is 9.67 Å². The summed E-state index contributed by atoms with van der Waals surface area (Å²) in [6, 6.07) is 13.3. The van der Waals surface area contributed by atoms with Crippen molar-refractivity contribution >= 4 is 23.2 Å². The average Bonchev–Trinajstić information content (AvgIpc) is 3.35. The molecule has 13 heteroatoms. The van der Waals surface area contributed by atoms with Crippen LogP contribution in [-0.4, -0.2) is 46.9 Å². The molecule has 0 spiro atoms. The zero-order valence-electron chi connectivity index (χ0n) is 17.3. The number of aromatic nitrogens is 6. The lowest BCUT2D eigenvalue weighted by Crippen LogP contribution is -2.37. The number of hydrogen-bond acceptors (Lipinski definition) is 5. The van der Waals surface area contributed by atoms with E-state index >= 15 is 0 Å². The monoisotopic (exact) mass is 512 g/mol. The number of nitrogens with zero attached hydrogens (tertiary/aromatic N) is 5. The van der Waals surface area contributed by atoms with Gasteiger partial charge in [-0.05, 0) is 35.9 Å². The summed E-state index contributed by atoms with van der Waals surface area (Å²) in [6.45, 7) is -1.20. The third kappa shape index (κ3) is 5.32. The van der Waals surface area contributed by atoms with E-state index in [-0.39, 0.29) is 18.2 Å². The second kappa shape index (κ2) is 9.61. The van der Waals surface area contributed by atoms with Gasteiger partial charge in [-0.1, -0.05) is 41.4 Å². The average molecular weight is 513 g/mol. The second-order valence-electron chi connectivity index (χ2n) is 7.41. The predicted octanol–water partition coefficient (Wildman–Crippen LogP) is 3.70. The van der Waals surface area contributed by atoms with Gasteiger partial charge in [0.15, 0.2) is 17.8 Å². The van der Waals surface area contributed by atoms with Gasteiger partial charge in [0.05, 0.1) is 6.54 Å². The van der Waals surface area contributed by atoms with Crippen LogP contribution in [0.15, 0.2) is 53.3 Å². The van der Waals surface area contributed by atoms with Gasteiger partial charge in [-0.2, -0.15) is 18.3 Å². The highest BCUT2D eigenvalue weighted by Crippen LogP contribution is 2.24. The first kappa shape index (κ1) is 24.0. The maximum Gasteiger partial charge on any atom is 0.416 e. The minimum Gasteiger partial charge on any atom is -0.382 e. The largest absolute Gasteiger partial charge is 0.416 e. The minimum atomic E-state index is -4.91. The van der Waals surface area contributed by atoms with Crippen molar-refractivity contribution in [2.75, 3.05) is 0 Å². The molecule has 0 aliphatic heterocycles. The van der Waals surface area contributed by atoms with Crippen molar-refractivity contribution in [2.24, 2.45) is 0 Å². The minimum absolute atomic E-state index is 0.0548. The molecule has 1 atom stereocenters. The van der Waals surface area contributed by atoms with Crippen molar-refractivity contribution in [3.05, 3.63) is 86.3 Å². The normalized spacial score (nSPS) is 12.8. The SMILES string of the molecule is O=c1n(Cc2nc(Cc3ccccc3Cl)n[nH]2)nc(-c2ccc(Cl)cc2)n1C[C@@H](O)C(F)(F)F. The summed E-state index contributed by atoms with van der Waals surface area (Å²) in [4.78, 5) is 17.2. The Labute approximate surface area is 200 Å². The number of H-pyrrole nitrogens is 1. The van der Waals surface area contributed by atoms with E-state index in [0.29, 0.717) is 27.9 Å². The third-order valence-corrected chi connectivity index (χ3v) is 5.56. The Morgan fingerprint density at radius 3 is 2.47 bits per heavy atom. The van der Waals surface area contributed by atoms with Crippen LogP contribution in [0.3, 0.4) is 0 Å². The maximum absolute atomic E-state index is 13.0. The smallest absolute Gasteiger partial charge is 0.382 e. The molecule has 0 radical (unpaired) electrons. The van der Waals surface area contributed by atoms with Gasteiger partial charge in [-0.25, -0.2) is 14.5 Å². The topological polar surface area (TPSA) is 102 Å². The van der Waals surface area contributed by atoms with Crippen molar-refractivity contribution in [1.82, 2.24) is 29.5 Å². The van der Waals surface area contributed by atoms with Crippen molar-refractivity contribution in [1.29, 1.82) is 0 Å². The van der Waals surface area contributed by atoms with E-state index in [1.165, 1.54) is 24.3 Å². The molecular weight excluding hydrogens is 496 g/mol. The van der Waals surface area contributed by atoms with Gasteiger partial charge >= 0.3 is 11.9 Å². The first-order valence-electron chi connectivity index (χ1n) is 9.93. The van der Waals surface area contributed by atoms with Crippen molar-refractivity contribution in [2.45, 2.75) is 31.8 Å². The molecular formula is C21H17Cl2F3N6O2. The Hall–Kier alpha value is -3.15. The highest BCUT2D eigenvalue weighted by Gasteiger charge is 2.39. The lowest BCUT2D eigenvalue weighted by Gasteiger charge is -2.15. The molecule has 2 aromatic heterocycles. The molecule has 0 bridgehead atoms. The van der Waals surface area contributed by atoms with Crippen LogP contribution >= 0.6 is 23.2 Å². The fraction of sp³-hybridized carbons (Fsp3) is 0.238. The van der Waals surface area contributed by atoms with Gasteiger partial charge in [0.2, 0.25) is 0 Å². The van der Waals surface area contributed by atoms with E-state index in [4.69, 9.17) is 23.2 Å². The summed E-state index contributed by atoms with van der Waals surface area (Å²) in [5, 5.41) is 21.5. The molecule has 0 aliphatic carbocycles. The molecule has 34 heavy (non-hydrogen) atoms. The third-order valence-electron chi connectivity index (χ3n) is 4.94. The predicted molar refractivity (Wildman–Crippen MR) is 119 cm³/mol. The van der Waals surface area contributed by atoms with Crippen LogP contribution in [0.4, 0.5) is 13.2 Å². The molecule has 4 aromatic rings. The highest BCUT2D eigenvalue weighted by molar-refractivity contribution is 6.31. The zero-order valence-corrected chi connectivity index (χ0v) is 18.8. The number of rotatable bonds is 7. The number of nitrogens with one attached hydrogen (secondary N) is 1. The summed E-state index contributed by atoms with van der Waals surface area (Å²) >= 11 is 12.0. The number of halogens is 5. The van der Waals surface area contributed by atoms with Gasteiger partial charge in [-0.15, -0.1) is 5.10 Å². The zero-order chi connectivity index (χ0) is 24.5. The summed E-state index contributed by atoms with van der Waals surface area (Å²) in [6.07, 6.45) is -7.31. The summed E-state index contributed by atoms with van der Waals surface area (Å²) in [5.74, 6) is 0.634. The van der Waals surface area contributed by atoms with Crippen LogP contribution in [0.2, 0.25) is 10.0 Å². The molecule has 4 rings (SSSR count). The molecule has 0 amide bonds. The molecule has 2 aromatic carbocycles. The van der Waals surface area contributed by atoms with E-state index in [9.17, 15) is 23.1 Å². The van der Waals surface area contributed by atoms with Crippen molar-refractivity contribution in [3.63, 3.8) is 0 Å². The number of aromatic amines is 1. The summed E-state index contributed by atoms with van der Waals surface area (Å²) < 4.78 is 40.6. The van der Waals surface area contributed by atoms with Crippen LogP contribution in [0.25, 0.3) is 11.4 Å². The Balaban J connectivity index is 1.64. The van der Waals surface area contributed by atoms with Gasteiger partial charge < -0.3 is 5.11 Å².